The van der Waals surface area contributed by atoms with Crippen LogP contribution in [0.25, 0.3) is 5.69 Å². The van der Waals surface area contributed by atoms with Crippen molar-refractivity contribution in [2.24, 2.45) is 0 Å². The molecule has 1 aromatic heterocycles. The first-order valence-corrected chi connectivity index (χ1v) is 13.7. The number of rotatable bonds is 8. The van der Waals surface area contributed by atoms with Crippen molar-refractivity contribution in [3.8, 4) is 5.69 Å². The van der Waals surface area contributed by atoms with Crippen molar-refractivity contribution < 1.29 is 9.59 Å². The molecule has 7 nitrogen and oxygen atoms in total. The molecule has 1 fully saturated rings. The molecule has 1 aliphatic rings. The zero-order valence-electron chi connectivity index (χ0n) is 20.4. The van der Waals surface area contributed by atoms with Crippen LogP contribution in [0.4, 0.5) is 0 Å². The fraction of sp³-hybridized carbons (Fsp3) is 0.385. The Bertz CT molecular complexity index is 1220. The first kappa shape index (κ1) is 26.5. The van der Waals surface area contributed by atoms with Crippen LogP contribution in [0.5, 0.6) is 0 Å². The topological polar surface area (TPSA) is 71.3 Å². The highest BCUT2D eigenvalue weighted by molar-refractivity contribution is 7.99. The van der Waals surface area contributed by atoms with Gasteiger partial charge in [0.1, 0.15) is 5.82 Å². The Morgan fingerprint density at radius 1 is 1.06 bits per heavy atom. The van der Waals surface area contributed by atoms with Crippen LogP contribution in [0, 0.1) is 6.92 Å². The molecular formula is C26H29Cl2N5O2S. The van der Waals surface area contributed by atoms with Crippen molar-refractivity contribution in [2.45, 2.75) is 44.3 Å². The lowest BCUT2D eigenvalue weighted by atomic mass is 10.1. The highest BCUT2D eigenvalue weighted by atomic mass is 35.5. The molecule has 2 aromatic carbocycles. The number of hydrogen-bond donors (Lipinski definition) is 0. The Kier molecular flexibility index (Phi) is 8.93. The maximum atomic E-state index is 13.0. The highest BCUT2D eigenvalue weighted by Gasteiger charge is 2.30. The lowest BCUT2D eigenvalue weighted by molar-refractivity contribution is -0.133. The van der Waals surface area contributed by atoms with Gasteiger partial charge in [0.2, 0.25) is 5.91 Å². The average molecular weight is 547 g/mol. The van der Waals surface area contributed by atoms with E-state index in [-0.39, 0.29) is 17.9 Å². The maximum Gasteiger partial charge on any atom is 0.255 e. The van der Waals surface area contributed by atoms with Gasteiger partial charge >= 0.3 is 0 Å². The van der Waals surface area contributed by atoms with Crippen LogP contribution >= 0.6 is 35.0 Å². The van der Waals surface area contributed by atoms with Gasteiger partial charge in [-0.1, -0.05) is 53.2 Å². The molecule has 190 valence electrons. The number of nitrogens with zero attached hydrogens (tertiary/aromatic N) is 5. The minimum absolute atomic E-state index is 0.0925. The van der Waals surface area contributed by atoms with Crippen LogP contribution in [-0.4, -0.2) is 67.8 Å². The number of para-hydroxylation sites is 1. The van der Waals surface area contributed by atoms with Crippen molar-refractivity contribution in [1.82, 2.24) is 24.6 Å². The van der Waals surface area contributed by atoms with Gasteiger partial charge in [-0.3, -0.25) is 14.2 Å². The SMILES string of the molecule is Cc1nnc(SCCCCC(=O)N2CCN(C(=O)c3ccc(Cl)cc3Cl)C(C)C2)n1-c1ccccc1. The van der Waals surface area contributed by atoms with E-state index in [4.69, 9.17) is 23.2 Å². The quantitative estimate of drug-likeness (QED) is 0.275. The van der Waals surface area contributed by atoms with Gasteiger partial charge in [-0.25, -0.2) is 0 Å². The summed E-state index contributed by atoms with van der Waals surface area (Å²) in [6.07, 6.45) is 2.20. The summed E-state index contributed by atoms with van der Waals surface area (Å²) in [5.41, 5.74) is 1.48. The highest BCUT2D eigenvalue weighted by Crippen LogP contribution is 2.25. The number of aromatic nitrogens is 3. The van der Waals surface area contributed by atoms with E-state index < -0.39 is 0 Å². The second-order valence-corrected chi connectivity index (χ2v) is 10.7. The number of hydrogen-bond acceptors (Lipinski definition) is 5. The number of amides is 2. The van der Waals surface area contributed by atoms with E-state index >= 15 is 0 Å². The number of aryl methyl sites for hydroxylation is 1. The molecule has 1 aliphatic heterocycles. The number of carbonyl (C=O) groups excluding carboxylic acids is 2. The lowest BCUT2D eigenvalue weighted by Crippen LogP contribution is -2.55. The van der Waals surface area contributed by atoms with E-state index in [2.05, 4.69) is 14.8 Å². The zero-order chi connectivity index (χ0) is 25.7. The van der Waals surface area contributed by atoms with Crippen LogP contribution in [0.15, 0.2) is 53.7 Å². The van der Waals surface area contributed by atoms with E-state index in [9.17, 15) is 9.59 Å². The second-order valence-electron chi connectivity index (χ2n) is 8.82. The molecule has 1 saturated heterocycles. The average Bonchev–Trinajstić information content (AvgIpc) is 3.23. The van der Waals surface area contributed by atoms with E-state index in [0.29, 0.717) is 41.7 Å². The van der Waals surface area contributed by atoms with Gasteiger partial charge < -0.3 is 9.80 Å². The van der Waals surface area contributed by atoms with Gasteiger partial charge in [-0.05, 0) is 57.0 Å². The maximum absolute atomic E-state index is 13.0. The van der Waals surface area contributed by atoms with Crippen LogP contribution in [0.3, 0.4) is 0 Å². The Morgan fingerprint density at radius 3 is 2.56 bits per heavy atom. The summed E-state index contributed by atoms with van der Waals surface area (Å²) in [5, 5.41) is 10.2. The Morgan fingerprint density at radius 2 is 1.83 bits per heavy atom. The molecule has 0 radical (unpaired) electrons. The number of benzene rings is 2. The van der Waals surface area contributed by atoms with Gasteiger partial charge in [0.25, 0.3) is 5.91 Å². The van der Waals surface area contributed by atoms with E-state index in [1.54, 1.807) is 34.9 Å². The Balaban J connectivity index is 1.22. The number of carbonyl (C=O) groups is 2. The monoisotopic (exact) mass is 545 g/mol. The molecular weight excluding hydrogens is 517 g/mol. The standard InChI is InChI=1S/C26H29Cl2N5O2S/c1-18-17-31(13-14-32(18)25(35)22-12-11-20(27)16-23(22)28)24(34)10-6-7-15-36-26-30-29-19(2)33(26)21-8-4-3-5-9-21/h3-5,8-9,11-12,16,18H,6-7,10,13-15,17H2,1-2H3. The minimum atomic E-state index is -0.133. The summed E-state index contributed by atoms with van der Waals surface area (Å²) in [4.78, 5) is 29.4. The fourth-order valence-corrected chi connectivity index (χ4v) is 5.80. The van der Waals surface area contributed by atoms with Crippen molar-refractivity contribution in [1.29, 1.82) is 0 Å². The molecule has 0 saturated carbocycles. The molecule has 4 rings (SSSR count). The second kappa shape index (κ2) is 12.1. The first-order chi connectivity index (χ1) is 17.3. The molecule has 0 N–H and O–H groups in total. The van der Waals surface area contributed by atoms with Crippen molar-refractivity contribution in [3.05, 3.63) is 70.0 Å². The fourth-order valence-electron chi connectivity index (χ4n) is 4.31. The largest absolute Gasteiger partial charge is 0.339 e. The van der Waals surface area contributed by atoms with Crippen molar-refractivity contribution in [3.63, 3.8) is 0 Å². The molecule has 0 aliphatic carbocycles. The zero-order valence-corrected chi connectivity index (χ0v) is 22.7. The molecule has 0 bridgehead atoms. The predicted octanol–water partition coefficient (Wildman–Crippen LogP) is 5.52. The molecule has 2 heterocycles. The number of unbranched alkanes of at least 4 members (excludes halogenated alkanes) is 1. The lowest BCUT2D eigenvalue weighted by Gasteiger charge is -2.40. The van der Waals surface area contributed by atoms with E-state index in [0.717, 1.165) is 35.3 Å². The molecule has 0 spiro atoms. The van der Waals surface area contributed by atoms with Gasteiger partial charge in [-0.2, -0.15) is 0 Å². The van der Waals surface area contributed by atoms with Gasteiger partial charge in [0.15, 0.2) is 5.16 Å². The number of thioether (sulfide) groups is 1. The molecule has 1 unspecified atom stereocenters. The molecule has 3 aromatic rings. The van der Waals surface area contributed by atoms with E-state index in [1.165, 1.54) is 0 Å². The third kappa shape index (κ3) is 6.22. The summed E-state index contributed by atoms with van der Waals surface area (Å²) in [6.45, 7) is 5.43. The van der Waals surface area contributed by atoms with Crippen molar-refractivity contribution in [2.75, 3.05) is 25.4 Å². The van der Waals surface area contributed by atoms with Crippen LogP contribution < -0.4 is 0 Å². The Labute approximate surface area is 225 Å². The number of halogens is 2. The summed E-state index contributed by atoms with van der Waals surface area (Å²) in [6, 6.07) is 14.9. The summed E-state index contributed by atoms with van der Waals surface area (Å²) in [5.74, 6) is 1.71. The van der Waals surface area contributed by atoms with Gasteiger partial charge in [0.05, 0.1) is 10.6 Å². The van der Waals surface area contributed by atoms with E-state index in [1.807, 2.05) is 49.1 Å². The van der Waals surface area contributed by atoms with Crippen LogP contribution in [0.2, 0.25) is 10.0 Å². The minimum Gasteiger partial charge on any atom is -0.339 e. The third-order valence-corrected chi connectivity index (χ3v) is 7.79. The first-order valence-electron chi connectivity index (χ1n) is 12.0. The predicted molar refractivity (Wildman–Crippen MR) is 144 cm³/mol. The van der Waals surface area contributed by atoms with Crippen molar-refractivity contribution >= 4 is 46.8 Å². The normalized spacial score (nSPS) is 15.8. The van der Waals surface area contributed by atoms with Crippen LogP contribution in [0.1, 0.15) is 42.4 Å². The smallest absolute Gasteiger partial charge is 0.255 e. The number of piperazine rings is 1. The third-order valence-electron chi connectivity index (χ3n) is 6.23. The summed E-state index contributed by atoms with van der Waals surface area (Å²) < 4.78 is 2.05. The molecule has 36 heavy (non-hydrogen) atoms. The summed E-state index contributed by atoms with van der Waals surface area (Å²) >= 11 is 13.8. The molecule has 1 atom stereocenters. The van der Waals surface area contributed by atoms with Crippen LogP contribution in [-0.2, 0) is 4.79 Å². The molecule has 10 heteroatoms. The van der Waals surface area contributed by atoms with Gasteiger partial charge in [0, 0.05) is 48.6 Å². The molecule has 2 amide bonds. The summed E-state index contributed by atoms with van der Waals surface area (Å²) in [7, 11) is 0. The van der Waals surface area contributed by atoms with Gasteiger partial charge in [-0.15, -0.1) is 10.2 Å². The Hall–Kier alpha value is -2.55.